The fraction of sp³-hybridized carbons (Fsp3) is 0.357. The summed E-state index contributed by atoms with van der Waals surface area (Å²) in [6, 6.07) is 8.44. The van der Waals surface area contributed by atoms with Crippen molar-refractivity contribution in [1.82, 2.24) is 10.2 Å². The molecule has 1 aromatic carbocycles. The Morgan fingerprint density at radius 2 is 2.33 bits per heavy atom. The Hall–Kier alpha value is -1.47. The number of hydrogen-bond donors (Lipinski definition) is 0. The molecule has 7 heteroatoms. The summed E-state index contributed by atoms with van der Waals surface area (Å²) in [5.41, 5.74) is 1.38. The van der Waals surface area contributed by atoms with Gasteiger partial charge in [-0.2, -0.15) is 0 Å². The van der Waals surface area contributed by atoms with Crippen molar-refractivity contribution in [3.63, 3.8) is 0 Å². The van der Waals surface area contributed by atoms with Crippen LogP contribution in [0, 0.1) is 0 Å². The van der Waals surface area contributed by atoms with Gasteiger partial charge in [-0.15, -0.1) is 16.9 Å². The standard InChI is InChI=1S/C14H14N2O3S2/c1-2-18-13(17)12-15-16-14(19-12)21-8-9-7-20-11-6-4-3-5-10(9)11/h3-6,9H,2,7-8H2,1H3. The molecule has 1 atom stereocenters. The van der Waals surface area contributed by atoms with Crippen molar-refractivity contribution in [3.05, 3.63) is 35.7 Å². The predicted molar refractivity (Wildman–Crippen MR) is 80.9 cm³/mol. The first-order chi connectivity index (χ1) is 10.3. The number of fused-ring (bicyclic) bond motifs is 1. The third-order valence-corrected chi connectivity index (χ3v) is 5.30. The highest BCUT2D eigenvalue weighted by Crippen LogP contribution is 2.41. The molecular weight excluding hydrogens is 308 g/mol. The average molecular weight is 322 g/mol. The van der Waals surface area contributed by atoms with E-state index < -0.39 is 5.97 Å². The van der Waals surface area contributed by atoms with Gasteiger partial charge in [-0.05, 0) is 18.6 Å². The number of aromatic nitrogens is 2. The van der Waals surface area contributed by atoms with Crippen molar-refractivity contribution >= 4 is 29.5 Å². The molecular formula is C14H14N2O3S2. The van der Waals surface area contributed by atoms with Crippen LogP contribution in [0.15, 0.2) is 38.8 Å². The van der Waals surface area contributed by atoms with Crippen molar-refractivity contribution in [1.29, 1.82) is 0 Å². The van der Waals surface area contributed by atoms with Crippen LogP contribution in [0.25, 0.3) is 0 Å². The third kappa shape index (κ3) is 3.24. The molecule has 1 unspecified atom stereocenters. The van der Waals surface area contributed by atoms with Crippen LogP contribution in [0.2, 0.25) is 0 Å². The van der Waals surface area contributed by atoms with Crippen molar-refractivity contribution < 1.29 is 13.9 Å². The van der Waals surface area contributed by atoms with Crippen molar-refractivity contribution in [2.45, 2.75) is 23.0 Å². The van der Waals surface area contributed by atoms with Gasteiger partial charge < -0.3 is 9.15 Å². The molecule has 0 aliphatic carbocycles. The zero-order valence-corrected chi connectivity index (χ0v) is 13.1. The normalized spacial score (nSPS) is 16.7. The number of carbonyl (C=O) groups is 1. The van der Waals surface area contributed by atoms with Crippen LogP contribution in [0.4, 0.5) is 0 Å². The summed E-state index contributed by atoms with van der Waals surface area (Å²) in [6.07, 6.45) is 0. The number of ether oxygens (including phenoxy) is 1. The summed E-state index contributed by atoms with van der Waals surface area (Å²) < 4.78 is 10.1. The molecule has 0 N–H and O–H groups in total. The van der Waals surface area contributed by atoms with Gasteiger partial charge in [0.15, 0.2) is 0 Å². The van der Waals surface area contributed by atoms with Crippen molar-refractivity contribution in [2.75, 3.05) is 18.1 Å². The number of esters is 1. The van der Waals surface area contributed by atoms with E-state index in [1.54, 1.807) is 6.92 Å². The van der Waals surface area contributed by atoms with E-state index in [1.807, 2.05) is 11.8 Å². The van der Waals surface area contributed by atoms with E-state index >= 15 is 0 Å². The SMILES string of the molecule is CCOC(=O)c1nnc(SCC2CSc3ccccc32)o1. The molecule has 0 radical (unpaired) electrons. The molecule has 110 valence electrons. The molecule has 2 aromatic rings. The first-order valence-electron chi connectivity index (χ1n) is 6.63. The maximum atomic E-state index is 11.5. The molecule has 2 heterocycles. The minimum Gasteiger partial charge on any atom is -0.459 e. The van der Waals surface area contributed by atoms with Crippen LogP contribution in [0.3, 0.4) is 0 Å². The Labute approximate surface area is 130 Å². The molecule has 0 saturated carbocycles. The summed E-state index contributed by atoms with van der Waals surface area (Å²) in [5.74, 6) is 1.73. The lowest BCUT2D eigenvalue weighted by Gasteiger charge is -2.07. The second-order valence-corrected chi connectivity index (χ2v) is 6.48. The van der Waals surface area contributed by atoms with Gasteiger partial charge in [0.05, 0.1) is 6.61 Å². The van der Waals surface area contributed by atoms with Gasteiger partial charge in [-0.1, -0.05) is 35.1 Å². The number of rotatable bonds is 5. The summed E-state index contributed by atoms with van der Waals surface area (Å²) in [6.45, 7) is 2.03. The number of thioether (sulfide) groups is 2. The highest BCUT2D eigenvalue weighted by atomic mass is 32.2. The molecule has 0 saturated heterocycles. The zero-order chi connectivity index (χ0) is 14.7. The lowest BCUT2D eigenvalue weighted by Crippen LogP contribution is -2.04. The van der Waals surface area contributed by atoms with E-state index in [1.165, 1.54) is 22.2 Å². The number of benzene rings is 1. The second kappa shape index (κ2) is 6.53. The predicted octanol–water partition coefficient (Wildman–Crippen LogP) is 3.23. The van der Waals surface area contributed by atoms with Crippen molar-refractivity contribution in [2.24, 2.45) is 0 Å². The molecule has 0 spiro atoms. The Morgan fingerprint density at radius 3 is 3.19 bits per heavy atom. The van der Waals surface area contributed by atoms with Gasteiger partial charge in [-0.3, -0.25) is 0 Å². The van der Waals surface area contributed by atoms with Crippen LogP contribution in [0.1, 0.15) is 29.1 Å². The Balaban J connectivity index is 1.60. The quantitative estimate of drug-likeness (QED) is 0.618. The zero-order valence-electron chi connectivity index (χ0n) is 11.4. The van der Waals surface area contributed by atoms with Crippen molar-refractivity contribution in [3.8, 4) is 0 Å². The molecule has 5 nitrogen and oxygen atoms in total. The monoisotopic (exact) mass is 322 g/mol. The van der Waals surface area contributed by atoms with Crippen LogP contribution >= 0.6 is 23.5 Å². The molecule has 1 aliphatic rings. The van der Waals surface area contributed by atoms with Gasteiger partial charge in [0, 0.05) is 22.3 Å². The summed E-state index contributed by atoms with van der Waals surface area (Å²) in [4.78, 5) is 12.8. The smallest absolute Gasteiger partial charge is 0.396 e. The Bertz CT molecular complexity index is 645. The largest absolute Gasteiger partial charge is 0.459 e. The van der Waals surface area contributed by atoms with Gasteiger partial charge >= 0.3 is 11.9 Å². The van der Waals surface area contributed by atoms with E-state index in [2.05, 4.69) is 34.5 Å². The summed E-state index contributed by atoms with van der Waals surface area (Å²) in [7, 11) is 0. The van der Waals surface area contributed by atoms with Gasteiger partial charge in [0.2, 0.25) is 0 Å². The third-order valence-electron chi connectivity index (χ3n) is 3.06. The van der Waals surface area contributed by atoms with Crippen LogP contribution in [-0.4, -0.2) is 34.3 Å². The maximum Gasteiger partial charge on any atom is 0.396 e. The van der Waals surface area contributed by atoms with Gasteiger partial charge in [0.1, 0.15) is 0 Å². The maximum absolute atomic E-state index is 11.5. The van der Waals surface area contributed by atoms with Crippen LogP contribution in [-0.2, 0) is 4.74 Å². The number of hydrogen-bond acceptors (Lipinski definition) is 7. The van der Waals surface area contributed by atoms with E-state index in [-0.39, 0.29) is 5.89 Å². The van der Waals surface area contributed by atoms with E-state index in [4.69, 9.17) is 9.15 Å². The minimum atomic E-state index is -0.571. The molecule has 1 aliphatic heterocycles. The summed E-state index contributed by atoms with van der Waals surface area (Å²) in [5, 5.41) is 7.99. The second-order valence-electron chi connectivity index (χ2n) is 4.45. The minimum absolute atomic E-state index is 0.0828. The number of nitrogens with zero attached hydrogens (tertiary/aromatic N) is 2. The lowest BCUT2D eigenvalue weighted by molar-refractivity contribution is 0.0475. The highest BCUT2D eigenvalue weighted by molar-refractivity contribution is 8.00. The van der Waals surface area contributed by atoms with Crippen LogP contribution in [0.5, 0.6) is 0 Å². The molecule has 21 heavy (non-hydrogen) atoms. The summed E-state index contributed by atoms with van der Waals surface area (Å²) >= 11 is 3.35. The Kier molecular flexibility index (Phi) is 4.50. The molecule has 0 fully saturated rings. The van der Waals surface area contributed by atoms with E-state index in [0.29, 0.717) is 17.7 Å². The number of carbonyl (C=O) groups excluding carboxylic acids is 1. The lowest BCUT2D eigenvalue weighted by atomic mass is 10.0. The highest BCUT2D eigenvalue weighted by Gasteiger charge is 2.24. The van der Waals surface area contributed by atoms with Crippen LogP contribution < -0.4 is 0 Å². The van der Waals surface area contributed by atoms with Gasteiger partial charge in [-0.25, -0.2) is 4.79 Å². The van der Waals surface area contributed by atoms with Gasteiger partial charge in [0.25, 0.3) is 5.22 Å². The molecule has 3 rings (SSSR count). The Morgan fingerprint density at radius 1 is 1.48 bits per heavy atom. The van der Waals surface area contributed by atoms with E-state index in [0.717, 1.165) is 11.5 Å². The fourth-order valence-electron chi connectivity index (χ4n) is 2.08. The topological polar surface area (TPSA) is 65.2 Å². The fourth-order valence-corrected chi connectivity index (χ4v) is 4.36. The average Bonchev–Trinajstić information content (AvgIpc) is 3.12. The van der Waals surface area contributed by atoms with E-state index in [9.17, 15) is 4.79 Å². The first-order valence-corrected chi connectivity index (χ1v) is 8.60. The molecule has 1 aromatic heterocycles. The molecule has 0 bridgehead atoms. The molecule has 0 amide bonds. The first kappa shape index (κ1) is 14.5.